The Morgan fingerprint density at radius 2 is 1.14 bits per heavy atom. The van der Waals surface area contributed by atoms with Gasteiger partial charge in [-0.25, -0.2) is 0 Å². The van der Waals surface area contributed by atoms with Crippen LogP contribution in [0, 0.1) is 0 Å². The minimum Gasteiger partial charge on any atom is -0.309 e. The highest BCUT2D eigenvalue weighted by molar-refractivity contribution is 7.24. The van der Waals surface area contributed by atoms with Crippen molar-refractivity contribution in [2.45, 2.75) is 0 Å². The average Bonchev–Trinajstić information content (AvgIpc) is 3.54. The van der Waals surface area contributed by atoms with Crippen molar-refractivity contribution in [3.63, 3.8) is 0 Å². The van der Waals surface area contributed by atoms with E-state index in [9.17, 15) is 0 Å². The van der Waals surface area contributed by atoms with Crippen molar-refractivity contribution in [2.24, 2.45) is 0 Å². The second-order valence-electron chi connectivity index (χ2n) is 9.03. The van der Waals surface area contributed by atoms with E-state index in [1.54, 1.807) is 0 Å². The summed E-state index contributed by atoms with van der Waals surface area (Å²) in [7, 11) is 0. The minimum atomic E-state index is 1.19. The Morgan fingerprint density at radius 3 is 1.94 bits per heavy atom. The first-order chi connectivity index (χ1) is 17.4. The number of hydrogen-bond acceptors (Lipinski definition) is 1. The van der Waals surface area contributed by atoms with Crippen molar-refractivity contribution >= 4 is 59.1 Å². The number of thiazole rings is 1. The molecule has 0 N–H and O–H groups in total. The fourth-order valence-corrected chi connectivity index (χ4v) is 6.89. The Labute approximate surface area is 205 Å². The number of hydrogen-bond donors (Lipinski definition) is 0. The second kappa shape index (κ2) is 7.08. The molecule has 3 heterocycles. The van der Waals surface area contributed by atoms with Gasteiger partial charge in [0.05, 0.1) is 26.8 Å². The van der Waals surface area contributed by atoms with E-state index >= 15 is 0 Å². The van der Waals surface area contributed by atoms with Crippen LogP contribution in [-0.4, -0.2) is 8.97 Å². The zero-order chi connectivity index (χ0) is 22.9. The Balaban J connectivity index is 1.56. The van der Waals surface area contributed by atoms with E-state index < -0.39 is 0 Å². The van der Waals surface area contributed by atoms with Gasteiger partial charge in [-0.15, -0.1) is 11.3 Å². The van der Waals surface area contributed by atoms with Gasteiger partial charge in [-0.3, -0.25) is 4.40 Å². The molecule has 0 aliphatic rings. The first-order valence-corrected chi connectivity index (χ1v) is 12.7. The predicted octanol–water partition coefficient (Wildman–Crippen LogP) is 9.07. The van der Waals surface area contributed by atoms with Gasteiger partial charge >= 0.3 is 0 Å². The molecule has 0 aliphatic carbocycles. The van der Waals surface area contributed by atoms with Crippen molar-refractivity contribution in [3.05, 3.63) is 121 Å². The molecule has 3 aromatic heterocycles. The predicted molar refractivity (Wildman–Crippen MR) is 150 cm³/mol. The van der Waals surface area contributed by atoms with Crippen molar-refractivity contribution in [1.82, 2.24) is 8.97 Å². The number of nitrogens with zero attached hydrogens (tertiary/aromatic N) is 2. The molecule has 0 aliphatic heterocycles. The highest BCUT2D eigenvalue weighted by Crippen LogP contribution is 2.44. The van der Waals surface area contributed by atoms with Crippen LogP contribution in [-0.2, 0) is 0 Å². The van der Waals surface area contributed by atoms with Crippen molar-refractivity contribution in [1.29, 1.82) is 0 Å². The van der Waals surface area contributed by atoms with Gasteiger partial charge in [0.1, 0.15) is 4.83 Å². The maximum absolute atomic E-state index is 2.46. The van der Waals surface area contributed by atoms with Crippen molar-refractivity contribution in [2.75, 3.05) is 0 Å². The first kappa shape index (κ1) is 19.0. The van der Waals surface area contributed by atoms with Crippen LogP contribution in [0.25, 0.3) is 64.6 Å². The Hall–Kier alpha value is -4.34. The summed E-state index contributed by atoms with van der Waals surface area (Å²) in [6.07, 6.45) is 0. The Morgan fingerprint density at radius 1 is 0.486 bits per heavy atom. The molecule has 0 amide bonds. The molecule has 35 heavy (non-hydrogen) atoms. The van der Waals surface area contributed by atoms with Crippen LogP contribution in [0.2, 0.25) is 0 Å². The summed E-state index contributed by atoms with van der Waals surface area (Å²) >= 11 is 1.89. The molecular weight excluding hydrogens is 444 g/mol. The summed E-state index contributed by atoms with van der Waals surface area (Å²) in [6.45, 7) is 0. The van der Waals surface area contributed by atoms with Gasteiger partial charge in [0.25, 0.3) is 0 Å². The normalized spacial score (nSPS) is 12.0. The summed E-state index contributed by atoms with van der Waals surface area (Å²) < 4.78 is 6.16. The van der Waals surface area contributed by atoms with Crippen LogP contribution >= 0.6 is 11.3 Å². The molecule has 0 radical (unpaired) electrons. The third-order valence-electron chi connectivity index (χ3n) is 7.11. The summed E-state index contributed by atoms with van der Waals surface area (Å²) in [5.41, 5.74) is 8.80. The van der Waals surface area contributed by atoms with Gasteiger partial charge in [0, 0.05) is 27.4 Å². The molecule has 0 spiro atoms. The highest BCUT2D eigenvalue weighted by Gasteiger charge is 2.20. The molecular formula is C32H20N2S. The third kappa shape index (κ3) is 2.59. The Bertz CT molecular complexity index is 1980. The molecule has 164 valence electrons. The summed E-state index contributed by atoms with van der Waals surface area (Å²) in [4.78, 5) is 1.30. The lowest BCUT2D eigenvalue weighted by atomic mass is 10.1. The Kier molecular flexibility index (Phi) is 3.85. The van der Waals surface area contributed by atoms with Crippen molar-refractivity contribution in [3.8, 4) is 16.8 Å². The van der Waals surface area contributed by atoms with Crippen LogP contribution in [0.15, 0.2) is 121 Å². The van der Waals surface area contributed by atoms with Gasteiger partial charge in [-0.05, 0) is 42.0 Å². The van der Waals surface area contributed by atoms with Gasteiger partial charge in [-0.1, -0.05) is 84.9 Å². The summed E-state index contributed by atoms with van der Waals surface area (Å²) in [6, 6.07) is 43.8. The van der Waals surface area contributed by atoms with Gasteiger partial charge in [-0.2, -0.15) is 0 Å². The standard InChI is InChI=1S/C32H20N2S/c1-3-11-21(12-4-1)31-24-16-8-10-18-27(24)34-29-19-25-23-15-7-9-17-26(23)33(22-13-5-2-6-14-22)28(25)20-30(29)35-32(31)34/h1-20H. The largest absolute Gasteiger partial charge is 0.309 e. The topological polar surface area (TPSA) is 9.34 Å². The van der Waals surface area contributed by atoms with E-state index in [-0.39, 0.29) is 0 Å². The smallest absolute Gasteiger partial charge is 0.109 e. The quantitative estimate of drug-likeness (QED) is 0.241. The number of aromatic nitrogens is 2. The molecule has 5 aromatic carbocycles. The fourth-order valence-electron chi connectivity index (χ4n) is 5.64. The lowest BCUT2D eigenvalue weighted by Gasteiger charge is -2.07. The SMILES string of the molecule is c1ccc(-c2c3ccccc3n3c2sc2cc4c(cc23)c2ccccc2n4-c2ccccc2)cc1. The van der Waals surface area contributed by atoms with E-state index in [4.69, 9.17) is 0 Å². The zero-order valence-corrected chi connectivity index (χ0v) is 19.7. The molecule has 0 saturated heterocycles. The molecule has 8 rings (SSSR count). The lowest BCUT2D eigenvalue weighted by Crippen LogP contribution is -1.92. The van der Waals surface area contributed by atoms with E-state index in [1.807, 2.05) is 11.3 Å². The van der Waals surface area contributed by atoms with Crippen LogP contribution in [0.5, 0.6) is 0 Å². The monoisotopic (exact) mass is 464 g/mol. The first-order valence-electron chi connectivity index (χ1n) is 11.9. The van der Waals surface area contributed by atoms with Gasteiger partial charge < -0.3 is 4.57 Å². The van der Waals surface area contributed by atoms with Crippen LogP contribution in [0.3, 0.4) is 0 Å². The highest BCUT2D eigenvalue weighted by atomic mass is 32.1. The maximum Gasteiger partial charge on any atom is 0.109 e. The lowest BCUT2D eigenvalue weighted by molar-refractivity contribution is 1.18. The van der Waals surface area contributed by atoms with Crippen LogP contribution in [0.1, 0.15) is 0 Å². The summed E-state index contributed by atoms with van der Waals surface area (Å²) in [5.74, 6) is 0. The van der Waals surface area contributed by atoms with Gasteiger partial charge in [0.2, 0.25) is 0 Å². The molecule has 0 fully saturated rings. The molecule has 0 unspecified atom stereocenters. The van der Waals surface area contributed by atoms with Gasteiger partial charge in [0.15, 0.2) is 0 Å². The van der Waals surface area contributed by atoms with Crippen LogP contribution < -0.4 is 0 Å². The number of para-hydroxylation sites is 3. The molecule has 0 bridgehead atoms. The average molecular weight is 465 g/mol. The van der Waals surface area contributed by atoms with E-state index in [1.165, 1.54) is 64.6 Å². The third-order valence-corrected chi connectivity index (χ3v) is 8.24. The minimum absolute atomic E-state index is 1.19. The molecule has 8 aromatic rings. The fraction of sp³-hybridized carbons (Fsp3) is 0. The number of fused-ring (bicyclic) bond motifs is 8. The molecule has 0 saturated carbocycles. The maximum atomic E-state index is 2.46. The van der Waals surface area contributed by atoms with E-state index in [2.05, 4.69) is 130 Å². The molecule has 3 heteroatoms. The number of benzene rings is 5. The van der Waals surface area contributed by atoms with E-state index in [0.29, 0.717) is 0 Å². The number of rotatable bonds is 2. The summed E-state index contributed by atoms with van der Waals surface area (Å²) in [5, 5.41) is 3.88. The second-order valence-corrected chi connectivity index (χ2v) is 10.1. The zero-order valence-electron chi connectivity index (χ0n) is 18.8. The van der Waals surface area contributed by atoms with Crippen molar-refractivity contribution < 1.29 is 0 Å². The van der Waals surface area contributed by atoms with E-state index in [0.717, 1.165) is 0 Å². The van der Waals surface area contributed by atoms with Crippen LogP contribution in [0.4, 0.5) is 0 Å². The molecule has 2 nitrogen and oxygen atoms in total. The molecule has 0 atom stereocenters.